The van der Waals surface area contributed by atoms with Gasteiger partial charge in [-0.2, -0.15) is 0 Å². The van der Waals surface area contributed by atoms with Gasteiger partial charge in [-0.1, -0.05) is 0 Å². The van der Waals surface area contributed by atoms with Crippen LogP contribution in [0.5, 0.6) is 0 Å². The molecule has 0 aromatic carbocycles. The molecule has 0 atom stereocenters. The van der Waals surface area contributed by atoms with Gasteiger partial charge in [-0.3, -0.25) is 0 Å². The summed E-state index contributed by atoms with van der Waals surface area (Å²) in [4.78, 5) is 0. The molecule has 0 unspecified atom stereocenters. The van der Waals surface area contributed by atoms with E-state index in [9.17, 15) is 0 Å². The van der Waals surface area contributed by atoms with E-state index >= 15 is 0 Å². The van der Waals surface area contributed by atoms with E-state index in [2.05, 4.69) is 0 Å². The summed E-state index contributed by atoms with van der Waals surface area (Å²) in [5, 5.41) is 0. The quantitative estimate of drug-likeness (QED) is 0.204. The molecule has 0 rings (SSSR count). The second-order valence-electron chi connectivity index (χ2n) is 0. The fourth-order valence-corrected chi connectivity index (χ4v) is 0. The molecule has 0 spiro atoms. The van der Waals surface area contributed by atoms with Crippen LogP contribution < -0.4 is 308 Å². The third-order valence-electron chi connectivity index (χ3n) is 0. The van der Waals surface area contributed by atoms with Gasteiger partial charge in [-0.25, -0.2) is 0 Å². The van der Waals surface area contributed by atoms with Gasteiger partial charge in [-0.15, -0.1) is 0 Å². The van der Waals surface area contributed by atoms with Gasteiger partial charge in [0.05, 0.1) is 0 Å². The second kappa shape index (κ2) is 880. The van der Waals surface area contributed by atoms with E-state index in [0.29, 0.717) is 0 Å². The van der Waals surface area contributed by atoms with Crippen LogP contribution in [0.4, 0.5) is 0 Å². The molecule has 0 aromatic rings. The Hall–Kier alpha value is 17.0. The maximum Gasteiger partial charge on any atom is 2.00 e. The average Bonchev–Trinajstić information content (AvgIpc) is 0. The second-order valence-corrected chi connectivity index (χ2v) is 0. The van der Waals surface area contributed by atoms with Crippen molar-refractivity contribution < 1.29 is 658 Å². The fourth-order valence-electron chi connectivity index (χ4n) is 0. The van der Waals surface area contributed by atoms with E-state index in [1.807, 2.05) is 0 Å². The van der Waals surface area contributed by atoms with Crippen molar-refractivity contribution in [2.75, 3.05) is 0 Å². The van der Waals surface area contributed by atoms with E-state index in [0.717, 1.165) is 0 Å². The molecule has 0 aromatic heterocycles. The third-order valence-corrected chi connectivity index (χ3v) is 0. The molecule has 0 aliphatic rings. The molecule has 10 radical (unpaired) electrons. The van der Waals surface area contributed by atoms with Gasteiger partial charge in [0.15, 0.2) is 0 Å². The minimum Gasteiger partial charge on any atom is -2.00 e. The maximum absolute atomic E-state index is 0. The van der Waals surface area contributed by atoms with Crippen molar-refractivity contribution in [1.82, 2.24) is 0 Å². The molecule has 0 aliphatic carbocycles. The third kappa shape index (κ3) is 839. The van der Waals surface area contributed by atoms with Crippen molar-refractivity contribution >= 4 is 75.5 Å². The molecule has 0 fully saturated rings. The molecule has 30 nitrogen and oxygen atoms in total. The molecule has 0 aliphatic heterocycles. The van der Waals surface area contributed by atoms with Crippen LogP contribution in [0.1, 0.15) is 0 Å². The molecule has 290 valence electrons. The molecular weight excluding hydrogens is 1300 g/mol. The van der Waals surface area contributed by atoms with Crippen LogP contribution in [0, 0.1) is 0 Å². The van der Waals surface area contributed by atoms with Gasteiger partial charge in [0.1, 0.15) is 0 Å². The van der Waals surface area contributed by atoms with Crippen molar-refractivity contribution in [1.29, 1.82) is 0 Å². The minimum absolute atomic E-state index is 0. The Kier molecular flexibility index (Phi) is 16900. The molecule has 0 saturated heterocycles. The summed E-state index contributed by atoms with van der Waals surface area (Å²) in [5.74, 6) is 0. The molecule has 0 heterocycles. The molecule has 48 heteroatoms. The van der Waals surface area contributed by atoms with Crippen molar-refractivity contribution in [3.8, 4) is 0 Å². The zero-order chi connectivity index (χ0) is 0. The Labute approximate surface area is 712 Å². The summed E-state index contributed by atoms with van der Waals surface area (Å²) in [5.41, 5.74) is 0. The van der Waals surface area contributed by atoms with Crippen LogP contribution in [0.15, 0.2) is 0 Å². The summed E-state index contributed by atoms with van der Waals surface area (Å²) < 4.78 is 0. The van der Waals surface area contributed by atoms with Crippen molar-refractivity contribution in [2.24, 2.45) is 0 Å². The van der Waals surface area contributed by atoms with Crippen molar-refractivity contribution in [2.45, 2.75) is 0 Å². The van der Waals surface area contributed by atoms with E-state index in [1.165, 1.54) is 0 Å². The van der Waals surface area contributed by atoms with Crippen LogP contribution in [-0.4, -0.2) is 75.5 Å². The number of rotatable bonds is 0. The van der Waals surface area contributed by atoms with E-state index < -0.39 is 0 Å². The Morgan fingerprint density at radius 1 is 0.0833 bits per heavy atom. The normalized spacial score (nSPS) is 0. The van der Waals surface area contributed by atoms with Crippen molar-refractivity contribution in [3.63, 3.8) is 0 Å². The van der Waals surface area contributed by atoms with Gasteiger partial charge in [0.25, 0.3) is 0 Å². The predicted molar refractivity (Wildman–Crippen MR) is 32.1 cm³/mol. The topological polar surface area (TPSA) is 855 Å². The van der Waals surface area contributed by atoms with Crippen LogP contribution in [0.2, 0.25) is 0 Å². The summed E-state index contributed by atoms with van der Waals surface area (Å²) >= 11 is 0. The first-order valence-electron chi connectivity index (χ1n) is 0. The SMILES string of the molecule is [Ca+2].[Ca+2].[K+].[K+].[K+].[K+].[K+].[K+].[O-2].[O-2].[O-2].[O-2].[O-2].[O-2].[O-2].[O-2].[O-2].[O-2].[O-2].[O-2].[O-2].[O-2].[O-2].[O-2].[O-2].[O-2].[O-2].[O-2].[O-2].[O-2].[O-2].[O-2].[O-2].[O-2].[O-2].[O-2].[O-2].[O-2].[V].[V].[V].[V].[V].[V].[V].[V].[V].[V]. The van der Waals surface area contributed by atoms with Crippen LogP contribution >= 0.6 is 0 Å². The number of hydrogen-bond acceptors (Lipinski definition) is 0. The summed E-state index contributed by atoms with van der Waals surface area (Å²) in [6, 6.07) is 0. The largest absolute Gasteiger partial charge is 2.00 e. The van der Waals surface area contributed by atoms with E-state index in [-0.39, 0.29) is 734 Å². The predicted octanol–water partition coefficient (Wildman–Crippen LogP) is -22.3. The molecule has 48 heavy (non-hydrogen) atoms. The van der Waals surface area contributed by atoms with E-state index in [1.54, 1.807) is 0 Å². The standard InChI is InChI=1S/2Ca.6K.30O.10V/q2*+2;6*+1;30*-2;;;;;;;;;;. The van der Waals surface area contributed by atoms with Gasteiger partial charge in [0, 0.05) is 186 Å². The fraction of sp³-hybridized carbons (Fsp3) is 0. The Morgan fingerprint density at radius 2 is 0.0833 bits per heavy atom. The van der Waals surface area contributed by atoms with Gasteiger partial charge >= 0.3 is 384 Å². The first-order valence-corrected chi connectivity index (χ1v) is 0. The summed E-state index contributed by atoms with van der Waals surface area (Å²) in [6.07, 6.45) is 0. The summed E-state index contributed by atoms with van der Waals surface area (Å²) in [6.45, 7) is 0. The monoisotopic (exact) mass is 1300 g/mol. The zero-order valence-corrected chi connectivity index (χ0v) is 61.3. The Morgan fingerprint density at radius 3 is 0.0833 bits per heavy atom. The average molecular weight is 1300 g/mol. The van der Waals surface area contributed by atoms with Crippen LogP contribution in [-0.2, 0) is 350 Å². The van der Waals surface area contributed by atoms with E-state index in [4.69, 9.17) is 0 Å². The van der Waals surface area contributed by atoms with Crippen molar-refractivity contribution in [3.05, 3.63) is 0 Å². The molecular formula is Ca2K6O30V10-50. The maximum atomic E-state index is 0. The zero-order valence-electron chi connectivity index (χ0n) is 24.1. The Balaban J connectivity index is 0. The Bertz CT molecular complexity index is 70.1. The smallest absolute Gasteiger partial charge is 2.00 e. The first-order chi connectivity index (χ1) is 0. The number of hydrogen-bond donors (Lipinski definition) is 0. The molecule has 0 bridgehead atoms. The van der Waals surface area contributed by atoms with Crippen LogP contribution in [0.3, 0.4) is 0 Å². The van der Waals surface area contributed by atoms with Gasteiger partial charge in [-0.05, 0) is 0 Å². The van der Waals surface area contributed by atoms with Gasteiger partial charge < -0.3 is 164 Å². The summed E-state index contributed by atoms with van der Waals surface area (Å²) in [7, 11) is 0. The molecule has 0 N–H and O–H groups in total. The van der Waals surface area contributed by atoms with Crippen LogP contribution in [0.25, 0.3) is 0 Å². The molecule has 0 saturated carbocycles. The van der Waals surface area contributed by atoms with Gasteiger partial charge in [0.2, 0.25) is 0 Å². The molecule has 0 amide bonds. The first kappa shape index (κ1) is 922. The minimum atomic E-state index is 0.